The highest BCUT2D eigenvalue weighted by atomic mass is 79.9. The van der Waals surface area contributed by atoms with Gasteiger partial charge in [0.15, 0.2) is 0 Å². The van der Waals surface area contributed by atoms with Crippen LogP contribution in [-0.2, 0) is 16.6 Å². The van der Waals surface area contributed by atoms with Crippen LogP contribution in [0, 0.1) is 0 Å². The third-order valence-electron chi connectivity index (χ3n) is 4.75. The lowest BCUT2D eigenvalue weighted by atomic mass is 10.1. The van der Waals surface area contributed by atoms with Gasteiger partial charge in [0.05, 0.1) is 4.90 Å². The molecule has 0 aliphatic carbocycles. The van der Waals surface area contributed by atoms with E-state index in [0.29, 0.717) is 25.2 Å². The van der Waals surface area contributed by atoms with Crippen molar-refractivity contribution in [2.24, 2.45) is 0 Å². The Bertz CT molecular complexity index is 924. The van der Waals surface area contributed by atoms with E-state index in [2.05, 4.69) is 15.9 Å². The highest BCUT2D eigenvalue weighted by Crippen LogP contribution is 2.23. The summed E-state index contributed by atoms with van der Waals surface area (Å²) in [5.41, 5.74) is 1.37. The number of sulfonamides is 1. The molecule has 3 rings (SSSR count). The van der Waals surface area contributed by atoms with Gasteiger partial charge in [-0.3, -0.25) is 4.79 Å². The maximum atomic E-state index is 12.9. The molecule has 2 aromatic rings. The molecule has 0 bridgehead atoms. The minimum Gasteiger partial charge on any atom is -0.337 e. The van der Waals surface area contributed by atoms with E-state index in [1.54, 1.807) is 30.1 Å². The summed E-state index contributed by atoms with van der Waals surface area (Å²) in [6.07, 6.45) is 2.82. The van der Waals surface area contributed by atoms with Crippen LogP contribution in [0.25, 0.3) is 0 Å². The van der Waals surface area contributed by atoms with Gasteiger partial charge >= 0.3 is 0 Å². The highest BCUT2D eigenvalue weighted by molar-refractivity contribution is 9.10. The summed E-state index contributed by atoms with van der Waals surface area (Å²) in [5, 5.41) is 0. The van der Waals surface area contributed by atoms with Gasteiger partial charge in [0.1, 0.15) is 0 Å². The molecule has 2 aromatic carbocycles. The SMILES string of the molecule is CN(Cc1ccccc1Br)C(=O)c1cccc(S(=O)(=O)N2CCCCC2)c1. The third-order valence-corrected chi connectivity index (χ3v) is 7.41. The second-order valence-corrected chi connectivity index (χ2v) is 9.54. The van der Waals surface area contributed by atoms with Crippen molar-refractivity contribution in [1.29, 1.82) is 0 Å². The Balaban J connectivity index is 1.80. The number of piperidine rings is 1. The zero-order chi connectivity index (χ0) is 19.4. The van der Waals surface area contributed by atoms with Crippen LogP contribution in [0.2, 0.25) is 0 Å². The molecular formula is C20H23BrN2O3S. The fraction of sp³-hybridized carbons (Fsp3) is 0.350. The van der Waals surface area contributed by atoms with E-state index in [1.165, 1.54) is 10.4 Å². The van der Waals surface area contributed by atoms with Gasteiger partial charge in [-0.2, -0.15) is 4.31 Å². The predicted molar refractivity (Wildman–Crippen MR) is 109 cm³/mol. The van der Waals surface area contributed by atoms with E-state index < -0.39 is 10.0 Å². The van der Waals surface area contributed by atoms with Crippen LogP contribution in [-0.4, -0.2) is 43.7 Å². The molecule has 27 heavy (non-hydrogen) atoms. The first-order valence-corrected chi connectivity index (χ1v) is 11.2. The summed E-state index contributed by atoms with van der Waals surface area (Å²) in [6.45, 7) is 1.52. The van der Waals surface area contributed by atoms with Crippen LogP contribution < -0.4 is 0 Å². The van der Waals surface area contributed by atoms with Crippen molar-refractivity contribution in [3.8, 4) is 0 Å². The van der Waals surface area contributed by atoms with Gasteiger partial charge in [-0.05, 0) is 42.7 Å². The molecule has 0 aromatic heterocycles. The number of nitrogens with zero attached hydrogens (tertiary/aromatic N) is 2. The lowest BCUT2D eigenvalue weighted by molar-refractivity contribution is 0.0784. The van der Waals surface area contributed by atoms with E-state index in [1.807, 2.05) is 24.3 Å². The topological polar surface area (TPSA) is 57.7 Å². The predicted octanol–water partition coefficient (Wildman–Crippen LogP) is 3.90. The fourth-order valence-electron chi connectivity index (χ4n) is 3.22. The molecule has 0 N–H and O–H groups in total. The van der Waals surface area contributed by atoms with E-state index in [-0.39, 0.29) is 10.8 Å². The van der Waals surface area contributed by atoms with E-state index >= 15 is 0 Å². The van der Waals surface area contributed by atoms with Crippen LogP contribution in [0.4, 0.5) is 0 Å². The number of rotatable bonds is 5. The maximum absolute atomic E-state index is 12.9. The average molecular weight is 451 g/mol. The molecule has 1 aliphatic rings. The molecule has 0 saturated carbocycles. The minimum atomic E-state index is -3.55. The van der Waals surface area contributed by atoms with Crippen molar-refractivity contribution in [2.45, 2.75) is 30.7 Å². The third kappa shape index (κ3) is 4.59. The normalized spacial score (nSPS) is 15.5. The van der Waals surface area contributed by atoms with Gasteiger partial charge in [0.2, 0.25) is 10.0 Å². The van der Waals surface area contributed by atoms with Crippen molar-refractivity contribution >= 4 is 31.9 Å². The molecule has 1 fully saturated rings. The summed E-state index contributed by atoms with van der Waals surface area (Å²) in [5.74, 6) is -0.207. The van der Waals surface area contributed by atoms with Crippen LogP contribution >= 0.6 is 15.9 Å². The summed E-state index contributed by atoms with van der Waals surface area (Å²) in [7, 11) is -1.84. The second kappa shape index (κ2) is 8.54. The Kier molecular flexibility index (Phi) is 6.34. The van der Waals surface area contributed by atoms with Gasteiger partial charge in [-0.25, -0.2) is 8.42 Å². The fourth-order valence-corrected chi connectivity index (χ4v) is 5.19. The molecule has 1 saturated heterocycles. The zero-order valence-electron chi connectivity index (χ0n) is 15.3. The summed E-state index contributed by atoms with van der Waals surface area (Å²) in [6, 6.07) is 14.1. The van der Waals surface area contributed by atoms with Crippen molar-refractivity contribution in [1.82, 2.24) is 9.21 Å². The lowest BCUT2D eigenvalue weighted by Gasteiger charge is -2.26. The van der Waals surface area contributed by atoms with Crippen molar-refractivity contribution in [3.05, 3.63) is 64.1 Å². The Morgan fingerprint density at radius 3 is 2.48 bits per heavy atom. The van der Waals surface area contributed by atoms with Crippen molar-refractivity contribution in [3.63, 3.8) is 0 Å². The standard InChI is InChI=1S/C20H23BrN2O3S/c1-22(15-17-8-3-4-11-19(17)21)20(24)16-9-7-10-18(14-16)27(25,26)23-12-5-2-6-13-23/h3-4,7-11,14H,2,5-6,12-13,15H2,1H3. The first kappa shape index (κ1) is 20.0. The zero-order valence-corrected chi connectivity index (χ0v) is 17.7. The lowest BCUT2D eigenvalue weighted by Crippen LogP contribution is -2.35. The number of carbonyl (C=O) groups is 1. The summed E-state index contributed by atoms with van der Waals surface area (Å²) < 4.78 is 28.2. The summed E-state index contributed by atoms with van der Waals surface area (Å²) >= 11 is 3.49. The molecule has 144 valence electrons. The first-order chi connectivity index (χ1) is 12.9. The molecule has 0 atom stereocenters. The highest BCUT2D eigenvalue weighted by Gasteiger charge is 2.26. The molecule has 0 radical (unpaired) electrons. The maximum Gasteiger partial charge on any atom is 0.253 e. The molecule has 1 heterocycles. The second-order valence-electron chi connectivity index (χ2n) is 6.75. The van der Waals surface area contributed by atoms with Gasteiger partial charge in [-0.15, -0.1) is 0 Å². The molecule has 5 nitrogen and oxygen atoms in total. The van der Waals surface area contributed by atoms with Crippen molar-refractivity contribution in [2.75, 3.05) is 20.1 Å². The van der Waals surface area contributed by atoms with E-state index in [4.69, 9.17) is 0 Å². The number of amides is 1. The summed E-state index contributed by atoms with van der Waals surface area (Å²) in [4.78, 5) is 14.6. The smallest absolute Gasteiger partial charge is 0.253 e. The van der Waals surface area contributed by atoms with Crippen molar-refractivity contribution < 1.29 is 13.2 Å². The molecule has 1 amide bonds. The van der Waals surface area contributed by atoms with Crippen LogP contribution in [0.5, 0.6) is 0 Å². The van der Waals surface area contributed by atoms with E-state index in [0.717, 1.165) is 29.3 Å². The molecule has 0 unspecified atom stereocenters. The molecule has 7 heteroatoms. The Morgan fingerprint density at radius 1 is 1.07 bits per heavy atom. The van der Waals surface area contributed by atoms with E-state index in [9.17, 15) is 13.2 Å². The van der Waals surface area contributed by atoms with Gasteiger partial charge in [0, 0.05) is 36.7 Å². The average Bonchev–Trinajstić information content (AvgIpc) is 2.70. The van der Waals surface area contributed by atoms with Crippen LogP contribution in [0.1, 0.15) is 35.2 Å². The molecule has 1 aliphatic heterocycles. The number of carbonyl (C=O) groups excluding carboxylic acids is 1. The Morgan fingerprint density at radius 2 is 1.78 bits per heavy atom. The van der Waals surface area contributed by atoms with Crippen LogP contribution in [0.15, 0.2) is 57.9 Å². The van der Waals surface area contributed by atoms with Gasteiger partial charge in [-0.1, -0.05) is 46.6 Å². The number of benzene rings is 2. The Hall–Kier alpha value is -1.70. The number of halogens is 1. The molecular weight excluding hydrogens is 428 g/mol. The Labute approximate surface area is 169 Å². The monoisotopic (exact) mass is 450 g/mol. The number of hydrogen-bond acceptors (Lipinski definition) is 3. The van der Waals surface area contributed by atoms with Crippen LogP contribution in [0.3, 0.4) is 0 Å². The first-order valence-electron chi connectivity index (χ1n) is 8.98. The largest absolute Gasteiger partial charge is 0.337 e. The number of hydrogen-bond donors (Lipinski definition) is 0. The quantitative estimate of drug-likeness (QED) is 0.693. The minimum absolute atomic E-state index is 0.185. The molecule has 0 spiro atoms. The van der Waals surface area contributed by atoms with Gasteiger partial charge in [0.25, 0.3) is 5.91 Å². The van der Waals surface area contributed by atoms with Gasteiger partial charge < -0.3 is 4.90 Å².